The van der Waals surface area contributed by atoms with Crippen LogP contribution in [0.3, 0.4) is 0 Å². The molecular weight excluding hydrogens is 252 g/mol. The highest BCUT2D eigenvalue weighted by Gasteiger charge is 2.15. The number of primary amides is 1. The lowest BCUT2D eigenvalue weighted by Crippen LogP contribution is -2.37. The van der Waals surface area contributed by atoms with Crippen LogP contribution < -0.4 is 16.0 Å². The highest BCUT2D eigenvalue weighted by Crippen LogP contribution is 2.19. The molecular formula is C15H26N4O. The Hall–Kier alpha value is -1.62. The number of aryl methyl sites for hydroxylation is 1. The molecule has 5 heteroatoms. The molecule has 1 rings (SSSR count). The SMILES string of the molecule is CCNCc1cnc(N(CC(N)=O)CC(C)C)c(C)c1. The molecule has 0 unspecified atom stereocenters. The predicted octanol–water partition coefficient (Wildman–Crippen LogP) is 1.45. The van der Waals surface area contributed by atoms with Crippen molar-refractivity contribution in [2.45, 2.75) is 34.2 Å². The third-order valence-corrected chi connectivity index (χ3v) is 2.92. The molecule has 0 fully saturated rings. The van der Waals surface area contributed by atoms with Gasteiger partial charge in [0.2, 0.25) is 5.91 Å². The summed E-state index contributed by atoms with van der Waals surface area (Å²) in [5.74, 6) is 0.957. The van der Waals surface area contributed by atoms with Crippen molar-refractivity contribution in [2.75, 3.05) is 24.5 Å². The number of hydrogen-bond donors (Lipinski definition) is 2. The van der Waals surface area contributed by atoms with Gasteiger partial charge >= 0.3 is 0 Å². The molecule has 3 N–H and O–H groups in total. The van der Waals surface area contributed by atoms with Gasteiger partial charge in [-0.05, 0) is 36.6 Å². The zero-order valence-electron chi connectivity index (χ0n) is 12.9. The minimum Gasteiger partial charge on any atom is -0.368 e. The van der Waals surface area contributed by atoms with Gasteiger partial charge in [0.1, 0.15) is 5.82 Å². The van der Waals surface area contributed by atoms with E-state index in [-0.39, 0.29) is 12.5 Å². The van der Waals surface area contributed by atoms with Crippen molar-refractivity contribution in [1.82, 2.24) is 10.3 Å². The summed E-state index contributed by atoms with van der Waals surface area (Å²) < 4.78 is 0. The number of carbonyl (C=O) groups is 1. The maximum Gasteiger partial charge on any atom is 0.236 e. The van der Waals surface area contributed by atoms with Crippen molar-refractivity contribution in [1.29, 1.82) is 0 Å². The number of nitrogens with one attached hydrogen (secondary N) is 1. The first-order valence-corrected chi connectivity index (χ1v) is 7.13. The Balaban J connectivity index is 2.92. The molecule has 5 nitrogen and oxygen atoms in total. The number of pyridine rings is 1. The second-order valence-electron chi connectivity index (χ2n) is 5.51. The monoisotopic (exact) mass is 278 g/mol. The molecule has 0 bridgehead atoms. The van der Waals surface area contributed by atoms with E-state index in [1.807, 2.05) is 18.0 Å². The number of nitrogens with two attached hydrogens (primary N) is 1. The fourth-order valence-electron chi connectivity index (χ4n) is 2.18. The number of nitrogens with zero attached hydrogens (tertiary/aromatic N) is 2. The Bertz CT molecular complexity index is 445. The second-order valence-corrected chi connectivity index (χ2v) is 5.51. The van der Waals surface area contributed by atoms with Gasteiger partial charge in [0.25, 0.3) is 0 Å². The van der Waals surface area contributed by atoms with Gasteiger partial charge in [0, 0.05) is 19.3 Å². The second kappa shape index (κ2) is 7.85. The van der Waals surface area contributed by atoms with Crippen LogP contribution in [0.4, 0.5) is 5.82 Å². The van der Waals surface area contributed by atoms with E-state index in [1.165, 1.54) is 0 Å². The largest absolute Gasteiger partial charge is 0.368 e. The minimum absolute atomic E-state index is 0.207. The molecule has 1 aromatic heterocycles. The Morgan fingerprint density at radius 3 is 2.70 bits per heavy atom. The Morgan fingerprint density at radius 2 is 2.20 bits per heavy atom. The molecule has 0 aromatic carbocycles. The molecule has 1 amide bonds. The molecule has 112 valence electrons. The maximum absolute atomic E-state index is 11.2. The molecule has 0 saturated heterocycles. The van der Waals surface area contributed by atoms with Crippen LogP contribution in [-0.4, -0.2) is 30.5 Å². The van der Waals surface area contributed by atoms with Crippen LogP contribution in [0.1, 0.15) is 31.9 Å². The van der Waals surface area contributed by atoms with E-state index in [9.17, 15) is 4.79 Å². The van der Waals surface area contributed by atoms with Crippen molar-refractivity contribution >= 4 is 11.7 Å². The van der Waals surface area contributed by atoms with Crippen LogP contribution in [-0.2, 0) is 11.3 Å². The summed E-state index contributed by atoms with van der Waals surface area (Å²) in [5, 5.41) is 3.28. The van der Waals surface area contributed by atoms with Crippen molar-refractivity contribution in [3.05, 3.63) is 23.4 Å². The number of aromatic nitrogens is 1. The Labute approximate surface area is 121 Å². The molecule has 0 radical (unpaired) electrons. The number of anilines is 1. The zero-order valence-corrected chi connectivity index (χ0v) is 12.9. The number of carbonyl (C=O) groups excluding carboxylic acids is 1. The lowest BCUT2D eigenvalue weighted by atomic mass is 10.1. The van der Waals surface area contributed by atoms with Gasteiger partial charge in [-0.15, -0.1) is 0 Å². The van der Waals surface area contributed by atoms with E-state index >= 15 is 0 Å². The van der Waals surface area contributed by atoms with Crippen LogP contribution in [0.15, 0.2) is 12.3 Å². The molecule has 0 aliphatic heterocycles. The summed E-state index contributed by atoms with van der Waals surface area (Å²) in [7, 11) is 0. The van der Waals surface area contributed by atoms with Gasteiger partial charge in [0.15, 0.2) is 0 Å². The smallest absolute Gasteiger partial charge is 0.236 e. The van der Waals surface area contributed by atoms with Crippen molar-refractivity contribution in [3.63, 3.8) is 0 Å². The summed E-state index contributed by atoms with van der Waals surface area (Å²) in [6, 6.07) is 2.11. The van der Waals surface area contributed by atoms with Crippen molar-refractivity contribution in [3.8, 4) is 0 Å². The van der Waals surface area contributed by atoms with E-state index < -0.39 is 0 Å². The highest BCUT2D eigenvalue weighted by atomic mass is 16.1. The van der Waals surface area contributed by atoms with E-state index in [0.29, 0.717) is 5.92 Å². The van der Waals surface area contributed by atoms with E-state index in [4.69, 9.17) is 5.73 Å². The lowest BCUT2D eigenvalue weighted by molar-refractivity contribution is -0.116. The molecule has 1 heterocycles. The molecule has 0 aliphatic carbocycles. The van der Waals surface area contributed by atoms with Crippen LogP contribution >= 0.6 is 0 Å². The first-order chi connectivity index (χ1) is 9.43. The minimum atomic E-state index is -0.330. The first kappa shape index (κ1) is 16.4. The average Bonchev–Trinajstić information content (AvgIpc) is 2.34. The van der Waals surface area contributed by atoms with Gasteiger partial charge in [0.05, 0.1) is 6.54 Å². The lowest BCUT2D eigenvalue weighted by Gasteiger charge is -2.26. The van der Waals surface area contributed by atoms with Gasteiger partial charge in [-0.1, -0.05) is 20.8 Å². The summed E-state index contributed by atoms with van der Waals surface area (Å²) >= 11 is 0. The quantitative estimate of drug-likeness (QED) is 0.755. The molecule has 0 spiro atoms. The molecule has 1 aromatic rings. The fourth-order valence-corrected chi connectivity index (χ4v) is 2.18. The van der Waals surface area contributed by atoms with Gasteiger partial charge in [-0.3, -0.25) is 4.79 Å². The number of amides is 1. The van der Waals surface area contributed by atoms with Crippen molar-refractivity contribution in [2.24, 2.45) is 11.7 Å². The van der Waals surface area contributed by atoms with E-state index in [0.717, 1.165) is 36.6 Å². The average molecular weight is 278 g/mol. The van der Waals surface area contributed by atoms with Gasteiger partial charge < -0.3 is 16.0 Å². The Kier molecular flexibility index (Phi) is 6.45. The highest BCUT2D eigenvalue weighted by molar-refractivity contribution is 5.79. The van der Waals surface area contributed by atoms with E-state index in [1.54, 1.807) is 0 Å². The molecule has 20 heavy (non-hydrogen) atoms. The number of rotatable bonds is 8. The van der Waals surface area contributed by atoms with Crippen LogP contribution in [0, 0.1) is 12.8 Å². The van der Waals surface area contributed by atoms with Crippen LogP contribution in [0.25, 0.3) is 0 Å². The first-order valence-electron chi connectivity index (χ1n) is 7.13. The zero-order chi connectivity index (χ0) is 15.1. The van der Waals surface area contributed by atoms with Crippen LogP contribution in [0.2, 0.25) is 0 Å². The van der Waals surface area contributed by atoms with Gasteiger partial charge in [-0.25, -0.2) is 4.98 Å². The summed E-state index contributed by atoms with van der Waals surface area (Å²) in [5.41, 5.74) is 7.56. The third kappa shape index (κ3) is 5.17. The summed E-state index contributed by atoms with van der Waals surface area (Å²) in [6.07, 6.45) is 1.86. The maximum atomic E-state index is 11.2. The summed E-state index contributed by atoms with van der Waals surface area (Å²) in [6.45, 7) is 11.0. The third-order valence-electron chi connectivity index (χ3n) is 2.92. The standard InChI is InChI=1S/C15H26N4O/c1-5-17-7-13-6-12(4)15(18-8-13)19(9-11(2)3)10-14(16)20/h6,8,11,17H,5,7,9-10H2,1-4H3,(H2,16,20). The normalized spacial score (nSPS) is 10.8. The predicted molar refractivity (Wildman–Crippen MR) is 82.6 cm³/mol. The van der Waals surface area contributed by atoms with E-state index in [2.05, 4.69) is 37.1 Å². The van der Waals surface area contributed by atoms with Crippen molar-refractivity contribution < 1.29 is 4.79 Å². The number of hydrogen-bond acceptors (Lipinski definition) is 4. The van der Waals surface area contributed by atoms with Crippen LogP contribution in [0.5, 0.6) is 0 Å². The molecule has 0 saturated carbocycles. The summed E-state index contributed by atoms with van der Waals surface area (Å²) in [4.78, 5) is 17.7. The topological polar surface area (TPSA) is 71.2 Å². The molecule has 0 aliphatic rings. The fraction of sp³-hybridized carbons (Fsp3) is 0.600. The molecule has 0 atom stereocenters. The van der Waals surface area contributed by atoms with Gasteiger partial charge in [-0.2, -0.15) is 0 Å². The Morgan fingerprint density at radius 1 is 1.50 bits per heavy atom.